The van der Waals surface area contributed by atoms with Crippen LogP contribution in [0.2, 0.25) is 0 Å². The molecule has 0 aliphatic carbocycles. The van der Waals surface area contributed by atoms with Gasteiger partial charge in [0.2, 0.25) is 5.91 Å². The van der Waals surface area contributed by atoms with Gasteiger partial charge in [-0.05, 0) is 66.7 Å². The lowest BCUT2D eigenvalue weighted by Gasteiger charge is -2.14. The number of carbonyl (C=O) groups is 4. The van der Waals surface area contributed by atoms with Crippen LogP contribution in [0.5, 0.6) is 11.5 Å². The molecule has 4 rings (SSSR count). The van der Waals surface area contributed by atoms with Gasteiger partial charge >= 0.3 is 5.97 Å². The van der Waals surface area contributed by atoms with Crippen LogP contribution in [0.3, 0.4) is 0 Å². The highest BCUT2D eigenvalue weighted by molar-refractivity contribution is 6.34. The van der Waals surface area contributed by atoms with Crippen LogP contribution in [0, 0.1) is 0 Å². The molecule has 1 aliphatic heterocycles. The van der Waals surface area contributed by atoms with Crippen molar-refractivity contribution in [3.8, 4) is 11.5 Å². The van der Waals surface area contributed by atoms with Gasteiger partial charge in [-0.25, -0.2) is 9.69 Å². The van der Waals surface area contributed by atoms with Crippen LogP contribution in [0.4, 0.5) is 11.4 Å². The van der Waals surface area contributed by atoms with Crippen LogP contribution in [0.15, 0.2) is 66.7 Å². The minimum Gasteiger partial charge on any atom is -0.497 e. The van der Waals surface area contributed by atoms with Crippen molar-refractivity contribution in [3.05, 3.63) is 83.4 Å². The number of ether oxygens (including phenoxy) is 3. The fourth-order valence-corrected chi connectivity index (χ4v) is 3.55. The molecule has 9 heteroatoms. The summed E-state index contributed by atoms with van der Waals surface area (Å²) in [5, 5.41) is 2.62. The van der Waals surface area contributed by atoms with E-state index in [1.54, 1.807) is 55.6 Å². The summed E-state index contributed by atoms with van der Waals surface area (Å²) >= 11 is 0. The fourth-order valence-electron chi connectivity index (χ4n) is 3.55. The van der Waals surface area contributed by atoms with Gasteiger partial charge in [0.05, 0.1) is 29.5 Å². The molecule has 3 aromatic rings. The SMILES string of the molecule is COc1ccc(OCCOC(=O)c2ccc3c(c2)C(=O)N(c2ccc(NC(C)=O)cc2)C3=O)cc1. The summed E-state index contributed by atoms with van der Waals surface area (Å²) in [4.78, 5) is 50.5. The predicted octanol–water partition coefficient (Wildman–Crippen LogP) is 3.69. The van der Waals surface area contributed by atoms with E-state index in [2.05, 4.69) is 5.32 Å². The number of benzene rings is 3. The molecule has 0 saturated carbocycles. The summed E-state index contributed by atoms with van der Waals surface area (Å²) in [5.41, 5.74) is 1.35. The molecule has 3 aromatic carbocycles. The van der Waals surface area contributed by atoms with Crippen molar-refractivity contribution in [1.82, 2.24) is 0 Å². The Labute approximate surface area is 201 Å². The molecule has 0 aromatic heterocycles. The topological polar surface area (TPSA) is 111 Å². The highest BCUT2D eigenvalue weighted by atomic mass is 16.6. The Morgan fingerprint density at radius 3 is 2.14 bits per heavy atom. The van der Waals surface area contributed by atoms with E-state index < -0.39 is 17.8 Å². The number of rotatable bonds is 8. The van der Waals surface area contributed by atoms with Gasteiger partial charge in [0.25, 0.3) is 11.8 Å². The lowest BCUT2D eigenvalue weighted by Crippen LogP contribution is -2.29. The molecule has 0 fully saturated rings. The molecule has 1 aliphatic rings. The van der Waals surface area contributed by atoms with Crippen molar-refractivity contribution >= 4 is 35.1 Å². The number of methoxy groups -OCH3 is 1. The van der Waals surface area contributed by atoms with E-state index in [-0.39, 0.29) is 35.8 Å². The lowest BCUT2D eigenvalue weighted by atomic mass is 10.1. The molecule has 0 unspecified atom stereocenters. The van der Waals surface area contributed by atoms with E-state index in [1.807, 2.05) is 0 Å². The number of nitrogens with one attached hydrogen (secondary N) is 1. The van der Waals surface area contributed by atoms with Crippen molar-refractivity contribution < 1.29 is 33.4 Å². The normalized spacial score (nSPS) is 12.2. The largest absolute Gasteiger partial charge is 0.497 e. The van der Waals surface area contributed by atoms with E-state index >= 15 is 0 Å². The molecule has 1 heterocycles. The molecular weight excluding hydrogens is 452 g/mol. The van der Waals surface area contributed by atoms with Crippen LogP contribution in [0.25, 0.3) is 0 Å². The predicted molar refractivity (Wildman–Crippen MR) is 127 cm³/mol. The van der Waals surface area contributed by atoms with Gasteiger partial charge in [-0.3, -0.25) is 14.4 Å². The number of amides is 3. The van der Waals surface area contributed by atoms with Crippen LogP contribution in [0.1, 0.15) is 38.0 Å². The van der Waals surface area contributed by atoms with E-state index in [0.717, 1.165) is 4.90 Å². The van der Waals surface area contributed by atoms with E-state index in [4.69, 9.17) is 14.2 Å². The second kappa shape index (κ2) is 10.1. The number of hydrogen-bond acceptors (Lipinski definition) is 7. The standard InChI is InChI=1S/C26H22N2O7/c1-16(29)27-18-4-6-19(7-5-18)28-24(30)22-12-3-17(15-23(22)25(28)31)26(32)35-14-13-34-21-10-8-20(33-2)9-11-21/h3-12,15H,13-14H2,1-2H3,(H,27,29). The maximum Gasteiger partial charge on any atom is 0.338 e. The second-order valence-electron chi connectivity index (χ2n) is 7.59. The highest BCUT2D eigenvalue weighted by Gasteiger charge is 2.37. The van der Waals surface area contributed by atoms with Crippen molar-refractivity contribution in [2.45, 2.75) is 6.92 Å². The summed E-state index contributed by atoms with van der Waals surface area (Å²) in [6, 6.07) is 17.5. The smallest absolute Gasteiger partial charge is 0.338 e. The average molecular weight is 474 g/mol. The highest BCUT2D eigenvalue weighted by Crippen LogP contribution is 2.30. The maximum absolute atomic E-state index is 13.0. The third-order valence-corrected chi connectivity index (χ3v) is 5.21. The van der Waals surface area contributed by atoms with Gasteiger partial charge in [0.15, 0.2) is 0 Å². The van der Waals surface area contributed by atoms with Crippen molar-refractivity contribution in [3.63, 3.8) is 0 Å². The third-order valence-electron chi connectivity index (χ3n) is 5.21. The first-order chi connectivity index (χ1) is 16.9. The van der Waals surface area contributed by atoms with Crippen molar-refractivity contribution in [2.24, 2.45) is 0 Å². The van der Waals surface area contributed by atoms with Gasteiger partial charge in [0.1, 0.15) is 24.7 Å². The molecule has 1 N–H and O–H groups in total. The number of carbonyl (C=O) groups excluding carboxylic acids is 4. The monoisotopic (exact) mass is 474 g/mol. The van der Waals surface area contributed by atoms with Gasteiger partial charge in [0, 0.05) is 12.6 Å². The van der Waals surface area contributed by atoms with Gasteiger partial charge in [-0.2, -0.15) is 0 Å². The Hall–Kier alpha value is -4.66. The minimum absolute atomic E-state index is 0.00158. The number of esters is 1. The van der Waals surface area contributed by atoms with Crippen molar-refractivity contribution in [2.75, 3.05) is 30.5 Å². The molecular formula is C26H22N2O7. The summed E-state index contributed by atoms with van der Waals surface area (Å²) in [6.07, 6.45) is 0. The van der Waals surface area contributed by atoms with Crippen LogP contribution in [-0.2, 0) is 9.53 Å². The molecule has 0 atom stereocenters. The fraction of sp³-hybridized carbons (Fsp3) is 0.154. The second-order valence-corrected chi connectivity index (χ2v) is 7.59. The zero-order chi connectivity index (χ0) is 24.9. The zero-order valence-electron chi connectivity index (χ0n) is 19.1. The van der Waals surface area contributed by atoms with Gasteiger partial charge < -0.3 is 19.5 Å². The molecule has 178 valence electrons. The van der Waals surface area contributed by atoms with Gasteiger partial charge in [-0.15, -0.1) is 0 Å². The quantitative estimate of drug-likeness (QED) is 0.301. The van der Waals surface area contributed by atoms with E-state index in [0.29, 0.717) is 22.9 Å². The summed E-state index contributed by atoms with van der Waals surface area (Å²) in [6.45, 7) is 1.53. The lowest BCUT2D eigenvalue weighted by molar-refractivity contribution is -0.114. The third kappa shape index (κ3) is 5.14. The molecule has 9 nitrogen and oxygen atoms in total. The van der Waals surface area contributed by atoms with Crippen LogP contribution in [-0.4, -0.2) is 44.0 Å². The molecule has 0 saturated heterocycles. The minimum atomic E-state index is -0.635. The first-order valence-corrected chi connectivity index (χ1v) is 10.7. The van der Waals surface area contributed by atoms with Crippen LogP contribution >= 0.6 is 0 Å². The van der Waals surface area contributed by atoms with Crippen molar-refractivity contribution in [1.29, 1.82) is 0 Å². The Morgan fingerprint density at radius 2 is 1.49 bits per heavy atom. The number of nitrogens with zero attached hydrogens (tertiary/aromatic N) is 1. The Kier molecular flexibility index (Phi) is 6.77. The Bertz CT molecular complexity index is 1280. The average Bonchev–Trinajstić information content (AvgIpc) is 3.11. The number of anilines is 2. The Morgan fingerprint density at radius 1 is 0.829 bits per heavy atom. The maximum atomic E-state index is 13.0. The Balaban J connectivity index is 1.38. The molecule has 0 radical (unpaired) electrons. The first-order valence-electron chi connectivity index (χ1n) is 10.7. The molecule has 35 heavy (non-hydrogen) atoms. The first kappa shape index (κ1) is 23.5. The number of fused-ring (bicyclic) bond motifs is 1. The molecule has 3 amide bonds. The van der Waals surface area contributed by atoms with Crippen LogP contribution < -0.4 is 19.7 Å². The number of imide groups is 1. The summed E-state index contributed by atoms with van der Waals surface area (Å²) in [5.74, 6) is -0.600. The van der Waals surface area contributed by atoms with Gasteiger partial charge in [-0.1, -0.05) is 0 Å². The molecule has 0 bridgehead atoms. The number of hydrogen-bond donors (Lipinski definition) is 1. The zero-order valence-corrected chi connectivity index (χ0v) is 19.1. The molecule has 0 spiro atoms. The summed E-state index contributed by atoms with van der Waals surface area (Å²) < 4.78 is 15.9. The van der Waals surface area contributed by atoms with E-state index in [9.17, 15) is 19.2 Å². The summed E-state index contributed by atoms with van der Waals surface area (Å²) in [7, 11) is 1.57. The van der Waals surface area contributed by atoms with E-state index in [1.165, 1.54) is 25.1 Å².